The topological polar surface area (TPSA) is 25.2 Å². The minimum absolute atomic E-state index is 0.357. The first-order valence-corrected chi connectivity index (χ1v) is 6.50. The lowest BCUT2D eigenvalue weighted by molar-refractivity contribution is 0.429. The van der Waals surface area contributed by atoms with Crippen molar-refractivity contribution in [2.75, 3.05) is 0 Å². The highest BCUT2D eigenvalue weighted by Gasteiger charge is 2.10. The minimum atomic E-state index is 0.357. The summed E-state index contributed by atoms with van der Waals surface area (Å²) in [4.78, 5) is 0. The Labute approximate surface area is 109 Å². The van der Waals surface area contributed by atoms with Crippen molar-refractivity contribution >= 4 is 0 Å². The third kappa shape index (κ3) is 3.47. The molecule has 2 rings (SSSR count). The van der Waals surface area contributed by atoms with E-state index >= 15 is 0 Å². The van der Waals surface area contributed by atoms with Crippen LogP contribution in [0.25, 0.3) is 0 Å². The molecule has 1 N–H and O–H groups in total. The Morgan fingerprint density at radius 3 is 2.44 bits per heavy atom. The van der Waals surface area contributed by atoms with E-state index < -0.39 is 0 Å². The van der Waals surface area contributed by atoms with Crippen molar-refractivity contribution in [1.82, 2.24) is 5.32 Å². The molecule has 0 aliphatic carbocycles. The van der Waals surface area contributed by atoms with Crippen LogP contribution in [0.5, 0.6) is 0 Å². The van der Waals surface area contributed by atoms with Crippen molar-refractivity contribution in [2.45, 2.75) is 39.3 Å². The van der Waals surface area contributed by atoms with Gasteiger partial charge in [0.1, 0.15) is 5.76 Å². The Balaban J connectivity index is 1.90. The van der Waals surface area contributed by atoms with E-state index in [2.05, 4.69) is 50.4 Å². The lowest BCUT2D eigenvalue weighted by Gasteiger charge is -2.19. The van der Waals surface area contributed by atoms with Gasteiger partial charge in [0.05, 0.1) is 6.26 Å². The molecule has 2 atom stereocenters. The number of aryl methyl sites for hydroxylation is 1. The van der Waals surface area contributed by atoms with Crippen LogP contribution < -0.4 is 5.32 Å². The Morgan fingerprint density at radius 1 is 1.11 bits per heavy atom. The summed E-state index contributed by atoms with van der Waals surface area (Å²) in [6, 6.07) is 13.4. The van der Waals surface area contributed by atoms with E-state index in [4.69, 9.17) is 4.42 Å². The molecule has 0 bridgehead atoms. The fourth-order valence-corrected chi connectivity index (χ4v) is 2.17. The molecule has 0 aliphatic heterocycles. The second kappa shape index (κ2) is 5.87. The molecule has 2 unspecified atom stereocenters. The van der Waals surface area contributed by atoms with Gasteiger partial charge in [-0.05, 0) is 38.5 Å². The zero-order valence-electron chi connectivity index (χ0n) is 11.3. The largest absolute Gasteiger partial charge is 0.469 e. The zero-order chi connectivity index (χ0) is 13.0. The first-order valence-electron chi connectivity index (χ1n) is 6.50. The van der Waals surface area contributed by atoms with Crippen LogP contribution in [0.15, 0.2) is 47.1 Å². The number of hydrogen-bond acceptors (Lipinski definition) is 2. The highest BCUT2D eigenvalue weighted by Crippen LogP contribution is 2.15. The third-order valence-electron chi connectivity index (χ3n) is 3.20. The lowest BCUT2D eigenvalue weighted by atomic mass is 10.0. The molecule has 2 aromatic rings. The zero-order valence-corrected chi connectivity index (χ0v) is 11.3. The second-order valence-corrected chi connectivity index (χ2v) is 4.98. The highest BCUT2D eigenvalue weighted by atomic mass is 16.3. The molecule has 1 aromatic carbocycles. The van der Waals surface area contributed by atoms with Crippen molar-refractivity contribution in [3.05, 3.63) is 59.5 Å². The Morgan fingerprint density at radius 2 is 1.83 bits per heavy atom. The van der Waals surface area contributed by atoms with Crippen LogP contribution >= 0.6 is 0 Å². The fourth-order valence-electron chi connectivity index (χ4n) is 2.17. The van der Waals surface area contributed by atoms with Gasteiger partial charge in [0.15, 0.2) is 0 Å². The smallest absolute Gasteiger partial charge is 0.105 e. The van der Waals surface area contributed by atoms with Gasteiger partial charge in [0.25, 0.3) is 0 Å². The monoisotopic (exact) mass is 243 g/mol. The fraction of sp³-hybridized carbons (Fsp3) is 0.375. The summed E-state index contributed by atoms with van der Waals surface area (Å²) in [5.41, 5.74) is 2.63. The summed E-state index contributed by atoms with van der Waals surface area (Å²) < 4.78 is 5.37. The number of furan rings is 1. The molecule has 0 amide bonds. The van der Waals surface area contributed by atoms with Crippen LogP contribution in [0.1, 0.15) is 36.8 Å². The molecule has 0 radical (unpaired) electrons. The molecular formula is C16H21NO. The van der Waals surface area contributed by atoms with E-state index in [0.717, 1.165) is 12.2 Å². The van der Waals surface area contributed by atoms with E-state index in [-0.39, 0.29) is 0 Å². The maximum absolute atomic E-state index is 5.37. The molecule has 1 aromatic heterocycles. The average Bonchev–Trinajstić information content (AvgIpc) is 2.82. The van der Waals surface area contributed by atoms with Gasteiger partial charge in [0.2, 0.25) is 0 Å². The summed E-state index contributed by atoms with van der Waals surface area (Å²) in [5.74, 6) is 1.03. The summed E-state index contributed by atoms with van der Waals surface area (Å²) in [6.07, 6.45) is 2.65. The van der Waals surface area contributed by atoms with Crippen LogP contribution in [0.4, 0.5) is 0 Å². The van der Waals surface area contributed by atoms with Crippen LogP contribution in [0.2, 0.25) is 0 Å². The number of nitrogens with one attached hydrogen (secondary N) is 1. The van der Waals surface area contributed by atoms with Gasteiger partial charge in [0, 0.05) is 18.5 Å². The summed E-state index contributed by atoms with van der Waals surface area (Å²) >= 11 is 0. The first kappa shape index (κ1) is 12.9. The predicted molar refractivity (Wildman–Crippen MR) is 74.6 cm³/mol. The third-order valence-corrected chi connectivity index (χ3v) is 3.20. The molecule has 96 valence electrons. The molecule has 0 aliphatic rings. The SMILES string of the molecule is Cc1ccc(C(C)NC(C)Cc2ccco2)cc1. The predicted octanol–water partition coefficient (Wildman–Crippen LogP) is 3.87. The van der Waals surface area contributed by atoms with Gasteiger partial charge in [-0.25, -0.2) is 0 Å². The van der Waals surface area contributed by atoms with Crippen molar-refractivity contribution in [1.29, 1.82) is 0 Å². The van der Waals surface area contributed by atoms with Crippen molar-refractivity contribution in [3.8, 4) is 0 Å². The van der Waals surface area contributed by atoms with Crippen LogP contribution in [0, 0.1) is 6.92 Å². The highest BCUT2D eigenvalue weighted by molar-refractivity contribution is 5.23. The lowest BCUT2D eigenvalue weighted by Crippen LogP contribution is -2.30. The standard InChI is InChI=1S/C16H21NO/c1-12-6-8-15(9-7-12)14(3)17-13(2)11-16-5-4-10-18-16/h4-10,13-14,17H,11H2,1-3H3. The van der Waals surface area contributed by atoms with E-state index in [0.29, 0.717) is 12.1 Å². The molecule has 0 spiro atoms. The first-order chi connectivity index (χ1) is 8.65. The van der Waals surface area contributed by atoms with Gasteiger partial charge >= 0.3 is 0 Å². The van der Waals surface area contributed by atoms with Crippen molar-refractivity contribution in [3.63, 3.8) is 0 Å². The Kier molecular flexibility index (Phi) is 4.21. The van der Waals surface area contributed by atoms with Gasteiger partial charge in [-0.15, -0.1) is 0 Å². The Hall–Kier alpha value is -1.54. The van der Waals surface area contributed by atoms with Gasteiger partial charge < -0.3 is 9.73 Å². The summed E-state index contributed by atoms with van der Waals surface area (Å²) in [6.45, 7) is 6.50. The van der Waals surface area contributed by atoms with Gasteiger partial charge in [-0.3, -0.25) is 0 Å². The minimum Gasteiger partial charge on any atom is -0.469 e. The molecular weight excluding hydrogens is 222 g/mol. The number of hydrogen-bond donors (Lipinski definition) is 1. The van der Waals surface area contributed by atoms with E-state index in [9.17, 15) is 0 Å². The summed E-state index contributed by atoms with van der Waals surface area (Å²) in [7, 11) is 0. The molecule has 2 nitrogen and oxygen atoms in total. The van der Waals surface area contributed by atoms with E-state index in [1.807, 2.05) is 12.1 Å². The van der Waals surface area contributed by atoms with Crippen LogP contribution in [0.3, 0.4) is 0 Å². The van der Waals surface area contributed by atoms with E-state index in [1.165, 1.54) is 11.1 Å². The van der Waals surface area contributed by atoms with Crippen LogP contribution in [-0.4, -0.2) is 6.04 Å². The quantitative estimate of drug-likeness (QED) is 0.862. The molecule has 1 heterocycles. The summed E-state index contributed by atoms with van der Waals surface area (Å²) in [5, 5.41) is 3.59. The average molecular weight is 243 g/mol. The molecule has 0 saturated heterocycles. The van der Waals surface area contributed by atoms with Crippen LogP contribution in [-0.2, 0) is 6.42 Å². The Bertz CT molecular complexity index is 458. The van der Waals surface area contributed by atoms with Crippen molar-refractivity contribution in [2.24, 2.45) is 0 Å². The molecule has 18 heavy (non-hydrogen) atoms. The second-order valence-electron chi connectivity index (χ2n) is 4.98. The molecule has 2 heteroatoms. The molecule has 0 fully saturated rings. The normalized spacial score (nSPS) is 14.4. The number of rotatable bonds is 5. The maximum atomic E-state index is 5.37. The van der Waals surface area contributed by atoms with Gasteiger partial charge in [-0.2, -0.15) is 0 Å². The van der Waals surface area contributed by atoms with E-state index in [1.54, 1.807) is 6.26 Å². The molecule has 0 saturated carbocycles. The van der Waals surface area contributed by atoms with Crippen molar-refractivity contribution < 1.29 is 4.42 Å². The number of benzene rings is 1. The maximum Gasteiger partial charge on any atom is 0.105 e. The van der Waals surface area contributed by atoms with Gasteiger partial charge in [-0.1, -0.05) is 29.8 Å².